The molecule has 3 aromatic carbocycles. The molecule has 3 aromatic heterocycles. The van der Waals surface area contributed by atoms with E-state index in [-0.39, 0.29) is 31.5 Å². The van der Waals surface area contributed by atoms with Gasteiger partial charge in [0.15, 0.2) is 0 Å². The van der Waals surface area contributed by atoms with Crippen LogP contribution in [0.2, 0.25) is 0 Å². The average Bonchev–Trinajstić information content (AvgIpc) is 3.50. The van der Waals surface area contributed by atoms with Gasteiger partial charge in [-0.2, -0.15) is 0 Å². The summed E-state index contributed by atoms with van der Waals surface area (Å²) in [5.41, 5.74) is 3.31. The minimum absolute atomic E-state index is 0. The number of imidazole rings is 1. The number of benzene rings is 3. The van der Waals surface area contributed by atoms with Crippen molar-refractivity contribution in [2.24, 2.45) is 0 Å². The minimum Gasteiger partial charge on any atom is -0.340 e. The molecule has 0 aliphatic rings. The standard InChI is InChI=1S/C20H25F2N2.C15H9N2.Ir/c1-2-3-4-5-6-7-8-9-10-16-14-23-20(24-15-16)18-12-11-17(21)13-19(18)22;1-2-7-13-11(5-1)12-6-3-4-8-14(12)17-10-9-16-15(13)17;/h11,13-15H,2-10H2,1H3;1-6,8-10H;/q2*-1;. The first-order valence-corrected chi connectivity index (χ1v) is 14.5. The number of aromatic nitrogens is 4. The zero-order chi connectivity index (χ0) is 28.4. The molecule has 4 nitrogen and oxygen atoms in total. The molecule has 0 bridgehead atoms. The van der Waals surface area contributed by atoms with Gasteiger partial charge in [-0.1, -0.05) is 87.1 Å². The normalized spacial score (nSPS) is 10.9. The number of halogens is 2. The molecule has 0 saturated carbocycles. The van der Waals surface area contributed by atoms with Gasteiger partial charge in [0.25, 0.3) is 0 Å². The van der Waals surface area contributed by atoms with Gasteiger partial charge in [-0.15, -0.1) is 41.8 Å². The topological polar surface area (TPSA) is 43.1 Å². The summed E-state index contributed by atoms with van der Waals surface area (Å²) in [5, 5.41) is 3.53. The SMILES string of the molecule is CCCCCCCCCCc1cnc(-c2[c-]cc(F)cc2F)nc1.[Ir].[c-]1cccc2c1c1nccn1c1ccccc21. The fraction of sp³-hybridized carbons (Fsp3) is 0.286. The van der Waals surface area contributed by atoms with Crippen molar-refractivity contribution in [2.75, 3.05) is 0 Å². The Morgan fingerprint density at radius 2 is 1.52 bits per heavy atom. The van der Waals surface area contributed by atoms with Crippen molar-refractivity contribution >= 4 is 27.3 Å². The van der Waals surface area contributed by atoms with Crippen LogP contribution in [0, 0.1) is 23.8 Å². The molecule has 0 spiro atoms. The van der Waals surface area contributed by atoms with E-state index in [9.17, 15) is 8.78 Å². The number of fused-ring (bicyclic) bond motifs is 6. The maximum atomic E-state index is 13.7. The summed E-state index contributed by atoms with van der Waals surface area (Å²) in [6.45, 7) is 2.23. The molecule has 6 rings (SSSR count). The van der Waals surface area contributed by atoms with Crippen LogP contribution < -0.4 is 0 Å². The predicted molar refractivity (Wildman–Crippen MR) is 162 cm³/mol. The van der Waals surface area contributed by atoms with Crippen LogP contribution in [0.5, 0.6) is 0 Å². The van der Waals surface area contributed by atoms with Crippen LogP contribution in [-0.4, -0.2) is 19.4 Å². The van der Waals surface area contributed by atoms with E-state index in [0.717, 1.165) is 41.6 Å². The van der Waals surface area contributed by atoms with E-state index < -0.39 is 11.6 Å². The van der Waals surface area contributed by atoms with E-state index in [2.05, 4.69) is 68.7 Å². The van der Waals surface area contributed by atoms with Gasteiger partial charge in [0.05, 0.1) is 11.5 Å². The van der Waals surface area contributed by atoms with Crippen LogP contribution >= 0.6 is 0 Å². The Bertz CT molecular complexity index is 1650. The van der Waals surface area contributed by atoms with Gasteiger partial charge in [-0.3, -0.25) is 23.7 Å². The first kappa shape index (κ1) is 31.4. The van der Waals surface area contributed by atoms with E-state index >= 15 is 0 Å². The molecular formula is C35H34F2IrN4-2. The molecule has 0 atom stereocenters. The maximum absolute atomic E-state index is 13.7. The van der Waals surface area contributed by atoms with Crippen LogP contribution in [0.25, 0.3) is 38.7 Å². The summed E-state index contributed by atoms with van der Waals surface area (Å²) >= 11 is 0. The van der Waals surface area contributed by atoms with Gasteiger partial charge in [-0.25, -0.2) is 0 Å². The summed E-state index contributed by atoms with van der Waals surface area (Å²) < 4.78 is 28.7. The van der Waals surface area contributed by atoms with Crippen molar-refractivity contribution in [3.63, 3.8) is 0 Å². The van der Waals surface area contributed by atoms with Gasteiger partial charge in [0.1, 0.15) is 0 Å². The molecule has 0 amide bonds. The van der Waals surface area contributed by atoms with Gasteiger partial charge in [0, 0.05) is 62.0 Å². The van der Waals surface area contributed by atoms with Crippen molar-refractivity contribution < 1.29 is 28.9 Å². The maximum Gasteiger partial charge on any atom is 0.0776 e. The molecule has 7 heteroatoms. The van der Waals surface area contributed by atoms with Crippen LogP contribution in [0.4, 0.5) is 8.78 Å². The molecule has 0 saturated heterocycles. The quantitative estimate of drug-likeness (QED) is 0.0799. The molecule has 0 aliphatic carbocycles. The van der Waals surface area contributed by atoms with Gasteiger partial charge in [-0.05, 0) is 29.9 Å². The Labute approximate surface area is 259 Å². The number of hydrogen-bond donors (Lipinski definition) is 0. The van der Waals surface area contributed by atoms with Gasteiger partial charge in [0.2, 0.25) is 0 Å². The molecule has 219 valence electrons. The van der Waals surface area contributed by atoms with E-state index in [1.165, 1.54) is 61.2 Å². The monoisotopic (exact) mass is 741 g/mol. The van der Waals surface area contributed by atoms with Crippen molar-refractivity contribution in [3.8, 4) is 11.4 Å². The van der Waals surface area contributed by atoms with Crippen LogP contribution in [0.15, 0.2) is 79.4 Å². The first-order valence-electron chi connectivity index (χ1n) is 14.5. The number of nitrogens with zero attached hydrogens (tertiary/aromatic N) is 4. The summed E-state index contributed by atoms with van der Waals surface area (Å²) in [6, 6.07) is 22.2. The second-order valence-electron chi connectivity index (χ2n) is 10.3. The molecule has 0 N–H and O–H groups in total. The zero-order valence-corrected chi connectivity index (χ0v) is 26.1. The van der Waals surface area contributed by atoms with Crippen molar-refractivity contribution in [2.45, 2.75) is 64.7 Å². The predicted octanol–water partition coefficient (Wildman–Crippen LogP) is 9.34. The third kappa shape index (κ3) is 7.64. The first-order chi connectivity index (χ1) is 20.2. The fourth-order valence-electron chi connectivity index (χ4n) is 5.13. The smallest absolute Gasteiger partial charge is 0.0776 e. The Balaban J connectivity index is 0.000000197. The Kier molecular flexibility index (Phi) is 11.7. The van der Waals surface area contributed by atoms with Crippen molar-refractivity contribution in [1.29, 1.82) is 0 Å². The Morgan fingerprint density at radius 1 is 0.810 bits per heavy atom. The molecule has 0 fully saturated rings. The average molecular weight is 741 g/mol. The fourth-order valence-corrected chi connectivity index (χ4v) is 5.13. The van der Waals surface area contributed by atoms with Crippen molar-refractivity contribution in [3.05, 3.63) is 109 Å². The Morgan fingerprint density at radius 3 is 2.29 bits per heavy atom. The molecule has 6 aromatic rings. The molecule has 3 heterocycles. The largest absolute Gasteiger partial charge is 0.340 e. The number of aryl methyl sites for hydroxylation is 1. The summed E-state index contributed by atoms with van der Waals surface area (Å²) in [7, 11) is 0. The second kappa shape index (κ2) is 15.6. The van der Waals surface area contributed by atoms with Crippen molar-refractivity contribution in [1.82, 2.24) is 19.4 Å². The Hall–Kier alpha value is -3.54. The number of para-hydroxylation sites is 1. The minimum atomic E-state index is -0.689. The molecular weight excluding hydrogens is 707 g/mol. The van der Waals surface area contributed by atoms with E-state index in [4.69, 9.17) is 0 Å². The third-order valence-corrected chi connectivity index (χ3v) is 7.28. The molecule has 0 aliphatic heterocycles. The van der Waals surface area contributed by atoms with E-state index in [1.807, 2.05) is 24.5 Å². The number of hydrogen-bond acceptors (Lipinski definition) is 3. The van der Waals surface area contributed by atoms with Gasteiger partial charge < -0.3 is 4.40 Å². The van der Waals surface area contributed by atoms with E-state index in [1.54, 1.807) is 12.4 Å². The molecule has 42 heavy (non-hydrogen) atoms. The van der Waals surface area contributed by atoms with Crippen LogP contribution in [0.1, 0.15) is 63.9 Å². The van der Waals surface area contributed by atoms with Crippen LogP contribution in [-0.2, 0) is 26.5 Å². The summed E-state index contributed by atoms with van der Waals surface area (Å²) in [6.07, 6.45) is 18.5. The third-order valence-electron chi connectivity index (χ3n) is 7.28. The zero-order valence-electron chi connectivity index (χ0n) is 23.7. The van der Waals surface area contributed by atoms with Crippen LogP contribution in [0.3, 0.4) is 0 Å². The molecule has 0 unspecified atom stereocenters. The van der Waals surface area contributed by atoms with E-state index in [0.29, 0.717) is 0 Å². The number of pyridine rings is 1. The van der Waals surface area contributed by atoms with Gasteiger partial charge >= 0.3 is 0 Å². The summed E-state index contributed by atoms with van der Waals surface area (Å²) in [5.74, 6) is -1.10. The second-order valence-corrected chi connectivity index (χ2v) is 10.3. The molecule has 1 radical (unpaired) electrons. The number of rotatable bonds is 10. The summed E-state index contributed by atoms with van der Waals surface area (Å²) in [4.78, 5) is 12.8. The number of unbranched alkanes of at least 4 members (excludes halogenated alkanes) is 7.